The summed E-state index contributed by atoms with van der Waals surface area (Å²) < 4.78 is 66.8. The summed E-state index contributed by atoms with van der Waals surface area (Å²) in [4.78, 5) is 27.3. The fourth-order valence-electron chi connectivity index (χ4n) is 9.81. The number of carbonyl (C=O) groups is 2. The molecule has 6 aliphatic heterocycles. The van der Waals surface area contributed by atoms with E-state index in [1.807, 2.05) is 0 Å². The third-order valence-electron chi connectivity index (χ3n) is 13.7. The minimum Gasteiger partial charge on any atom is -0.508 e. The molecule has 1 saturated carbocycles. The molecule has 366 valence electrons. The molecule has 25 atom stereocenters. The smallest absolute Gasteiger partial charge is 0.338 e. The van der Waals surface area contributed by atoms with Crippen LogP contribution in [-0.4, -0.2) is 236 Å². The van der Waals surface area contributed by atoms with Gasteiger partial charge in [-0.2, -0.15) is 0 Å². The van der Waals surface area contributed by atoms with E-state index in [-0.39, 0.29) is 23.7 Å². The summed E-state index contributed by atoms with van der Waals surface area (Å²) in [5.41, 5.74) is -2.55. The molecule has 7 fully saturated rings. The minimum atomic E-state index is -2.65. The molecule has 0 bridgehead atoms. The SMILES string of the molecule is C[C@@H]1CO[C@@]2(C[C@@H]1OC(=O)c1ccc(O)cc1)O[C@@H]1[C@H]3[C@@H](C[C@H](O)[C@]1(O)C2=O)[C@@H](O[C@@H]1O[C@H](CO)[C@@H](O)[C@H](O)[C@@H]1O[C@H]1O[C@H](CO)[C@H](O)[C@H](O[C@@H]2O[C@H](C)[C@@H](O)[C@@H](O)[C@H]2O)[C@H]1O)C[S@@]3=O. The van der Waals surface area contributed by atoms with E-state index in [4.69, 9.17) is 42.6 Å². The van der Waals surface area contributed by atoms with Gasteiger partial charge in [0.1, 0.15) is 85.1 Å². The summed E-state index contributed by atoms with van der Waals surface area (Å²) in [5.74, 6) is -5.96. The molecule has 6 heterocycles. The summed E-state index contributed by atoms with van der Waals surface area (Å²) in [6.07, 6.45) is -32.7. The van der Waals surface area contributed by atoms with Crippen molar-refractivity contribution in [1.29, 1.82) is 0 Å². The van der Waals surface area contributed by atoms with Crippen LogP contribution in [0.25, 0.3) is 0 Å². The second kappa shape index (κ2) is 18.8. The lowest BCUT2D eigenvalue weighted by Gasteiger charge is -2.48. The van der Waals surface area contributed by atoms with Crippen molar-refractivity contribution in [2.75, 3.05) is 25.6 Å². The van der Waals surface area contributed by atoms with Crippen LogP contribution < -0.4 is 0 Å². The zero-order chi connectivity index (χ0) is 47.0. The van der Waals surface area contributed by atoms with E-state index in [1.165, 1.54) is 31.2 Å². The topological polar surface area (TPSA) is 377 Å². The molecule has 7 aliphatic rings. The Hall–Kier alpha value is -2.45. The summed E-state index contributed by atoms with van der Waals surface area (Å²) in [6.45, 7) is 1.12. The molecule has 1 spiro atoms. The monoisotopic (exact) mass is 952 g/mol. The van der Waals surface area contributed by atoms with Gasteiger partial charge in [-0.15, -0.1) is 0 Å². The van der Waals surface area contributed by atoms with Crippen LogP contribution in [-0.2, 0) is 58.2 Å². The first kappa shape index (κ1) is 49.0. The minimum absolute atomic E-state index is 0.0819. The van der Waals surface area contributed by atoms with E-state index < -0.39 is 194 Å². The van der Waals surface area contributed by atoms with Crippen LogP contribution in [0.3, 0.4) is 0 Å². The van der Waals surface area contributed by atoms with Crippen LogP contribution in [0.1, 0.15) is 37.0 Å². The molecule has 1 aromatic carbocycles. The number of hydrogen-bond acceptors (Lipinski definition) is 24. The van der Waals surface area contributed by atoms with E-state index in [0.717, 1.165) is 0 Å². The van der Waals surface area contributed by atoms with Crippen molar-refractivity contribution in [3.63, 3.8) is 0 Å². The number of ether oxygens (including phenoxy) is 9. The maximum Gasteiger partial charge on any atom is 0.338 e. The van der Waals surface area contributed by atoms with E-state index in [1.54, 1.807) is 6.92 Å². The number of aliphatic hydroxyl groups excluding tert-OH is 10. The molecular weight excluding hydrogens is 896 g/mol. The number of phenols is 1. The lowest BCUT2D eigenvalue weighted by molar-refractivity contribution is -0.387. The number of Topliss-reactive ketones (excluding diaryl/α,β-unsaturated/α-hetero) is 1. The van der Waals surface area contributed by atoms with Gasteiger partial charge < -0.3 is 104 Å². The predicted molar refractivity (Wildman–Crippen MR) is 208 cm³/mol. The first-order chi connectivity index (χ1) is 30.7. The molecule has 6 saturated heterocycles. The molecule has 0 unspecified atom stereocenters. The van der Waals surface area contributed by atoms with Gasteiger partial charge in [-0.1, -0.05) is 6.92 Å². The van der Waals surface area contributed by atoms with Gasteiger partial charge in [0, 0.05) is 29.1 Å². The highest BCUT2D eigenvalue weighted by Crippen LogP contribution is 2.53. The van der Waals surface area contributed by atoms with Gasteiger partial charge in [0.05, 0.1) is 54.7 Å². The predicted octanol–water partition coefficient (Wildman–Crippen LogP) is -6.26. The molecule has 12 N–H and O–H groups in total. The Morgan fingerprint density at radius 1 is 0.769 bits per heavy atom. The van der Waals surface area contributed by atoms with Crippen LogP contribution in [0.4, 0.5) is 0 Å². The zero-order valence-corrected chi connectivity index (χ0v) is 35.7. The number of aromatic hydroxyl groups is 1. The first-order valence-corrected chi connectivity index (χ1v) is 22.7. The average Bonchev–Trinajstić information content (AvgIpc) is 3.70. The molecule has 8 rings (SSSR count). The largest absolute Gasteiger partial charge is 0.508 e. The maximum absolute atomic E-state index is 14.3. The Bertz CT molecular complexity index is 1900. The maximum atomic E-state index is 14.3. The van der Waals surface area contributed by atoms with Gasteiger partial charge in [-0.05, 0) is 37.6 Å². The van der Waals surface area contributed by atoms with Gasteiger partial charge in [0.2, 0.25) is 11.6 Å². The molecule has 1 aliphatic carbocycles. The molecular formula is C40H56O24S. The van der Waals surface area contributed by atoms with Crippen molar-refractivity contribution in [3.8, 4) is 5.75 Å². The number of phenolic OH excluding ortho intramolecular Hbond substituents is 1. The number of hydrogen-bond donors (Lipinski definition) is 12. The van der Waals surface area contributed by atoms with Gasteiger partial charge >= 0.3 is 5.97 Å². The quantitative estimate of drug-likeness (QED) is 0.0971. The van der Waals surface area contributed by atoms with Crippen LogP contribution in [0.15, 0.2) is 24.3 Å². The molecule has 0 aromatic heterocycles. The summed E-state index contributed by atoms with van der Waals surface area (Å²) in [5, 5.41) is 128. The average molecular weight is 953 g/mol. The third kappa shape index (κ3) is 8.57. The number of fused-ring (bicyclic) bond motifs is 3. The standard InChI is InChI=1S/C40H56O24S/c1-13-11-56-39(8-18(13)58-34(52)15-3-5-16(43)6-4-15)38(53)40(54)22(44)7-17-21(12-65(55)32(17)33(40)64-39)61-37-31(27(49)24(46)19(9-41)60-37)63-36-29(51)30(25(47)20(10-42)59-36)62-35-28(50)26(48)23(45)14(2)57-35/h3-6,13-14,17-33,35-37,41-51,54H,7-12H2,1-2H3/t13-,14-,17+,18+,19-,20-,21+,22+,23-,24-,25+,26-,27+,28-,29-,30+,31+,32-,33-,35+,36-,37+,39+,40-,65+/m1/s1. The summed E-state index contributed by atoms with van der Waals surface area (Å²) >= 11 is 0. The highest BCUT2D eigenvalue weighted by molar-refractivity contribution is 7.86. The van der Waals surface area contributed by atoms with E-state index >= 15 is 0 Å². The van der Waals surface area contributed by atoms with Crippen molar-refractivity contribution in [3.05, 3.63) is 29.8 Å². The number of ketones is 1. The zero-order valence-electron chi connectivity index (χ0n) is 34.9. The number of aliphatic hydroxyl groups is 11. The number of rotatable bonds is 10. The second-order valence-electron chi connectivity index (χ2n) is 17.8. The Morgan fingerprint density at radius 2 is 1.40 bits per heavy atom. The van der Waals surface area contributed by atoms with Crippen LogP contribution in [0.5, 0.6) is 5.75 Å². The molecule has 0 radical (unpaired) electrons. The number of carbonyl (C=O) groups excluding carboxylic acids is 2. The Kier molecular flexibility index (Phi) is 14.2. The third-order valence-corrected chi connectivity index (χ3v) is 15.5. The van der Waals surface area contributed by atoms with Crippen molar-refractivity contribution in [1.82, 2.24) is 0 Å². The molecule has 65 heavy (non-hydrogen) atoms. The van der Waals surface area contributed by atoms with Crippen molar-refractivity contribution >= 4 is 22.6 Å². The molecule has 0 amide bonds. The molecule has 24 nitrogen and oxygen atoms in total. The van der Waals surface area contributed by atoms with E-state index in [2.05, 4.69) is 0 Å². The normalized spacial score (nSPS) is 51.1. The highest BCUT2D eigenvalue weighted by atomic mass is 32.2. The number of benzene rings is 1. The Labute approximate surface area is 372 Å². The van der Waals surface area contributed by atoms with Crippen LogP contribution in [0, 0.1) is 11.8 Å². The second-order valence-corrected chi connectivity index (χ2v) is 19.5. The van der Waals surface area contributed by atoms with Crippen molar-refractivity contribution < 1.29 is 118 Å². The van der Waals surface area contributed by atoms with Crippen LogP contribution in [0.2, 0.25) is 0 Å². The Morgan fingerprint density at radius 3 is 2.08 bits per heavy atom. The summed E-state index contributed by atoms with van der Waals surface area (Å²) in [7, 11) is -1.99. The Balaban J connectivity index is 1.01. The van der Waals surface area contributed by atoms with Crippen molar-refractivity contribution in [2.45, 2.75) is 160 Å². The lowest BCUT2D eigenvalue weighted by Crippen LogP contribution is -2.67. The molecule has 1 aromatic rings. The molecule has 25 heteroatoms. The number of esters is 1. The first-order valence-electron chi connectivity index (χ1n) is 21.3. The van der Waals surface area contributed by atoms with Gasteiger partial charge in [-0.3, -0.25) is 9.00 Å². The van der Waals surface area contributed by atoms with Gasteiger partial charge in [0.25, 0.3) is 0 Å². The van der Waals surface area contributed by atoms with Gasteiger partial charge in [-0.25, -0.2) is 4.79 Å². The van der Waals surface area contributed by atoms with E-state index in [9.17, 15) is 75.1 Å². The van der Waals surface area contributed by atoms with Crippen LogP contribution >= 0.6 is 0 Å². The fourth-order valence-corrected chi connectivity index (χ4v) is 11.9. The van der Waals surface area contributed by atoms with Gasteiger partial charge in [0.15, 0.2) is 24.5 Å². The summed E-state index contributed by atoms with van der Waals surface area (Å²) in [6, 6.07) is 5.26. The highest BCUT2D eigenvalue weighted by Gasteiger charge is 2.75. The lowest BCUT2D eigenvalue weighted by atomic mass is 9.70. The van der Waals surface area contributed by atoms with E-state index in [0.29, 0.717) is 0 Å². The fraction of sp³-hybridized carbons (Fsp3) is 0.800. The van der Waals surface area contributed by atoms with Crippen molar-refractivity contribution in [2.24, 2.45) is 11.8 Å².